The van der Waals surface area contributed by atoms with Crippen LogP contribution in [0.1, 0.15) is 46.8 Å². The van der Waals surface area contributed by atoms with E-state index in [1.807, 2.05) is 19.9 Å². The van der Waals surface area contributed by atoms with Crippen LogP contribution >= 0.6 is 11.3 Å². The molecule has 0 bridgehead atoms. The highest BCUT2D eigenvalue weighted by Gasteiger charge is 2.26. The number of amides is 1. The third-order valence-electron chi connectivity index (χ3n) is 3.63. The first-order valence-electron chi connectivity index (χ1n) is 7.03. The number of nitrogens with one attached hydrogen (secondary N) is 1. The maximum Gasteiger partial charge on any atom is 0.328 e. The van der Waals surface area contributed by atoms with E-state index < -0.39 is 12.0 Å². The lowest BCUT2D eigenvalue weighted by Gasteiger charge is -2.19. The predicted octanol–water partition coefficient (Wildman–Crippen LogP) is 2.55. The van der Waals surface area contributed by atoms with Crippen molar-refractivity contribution in [2.75, 3.05) is 7.11 Å². The number of methoxy groups -OCH3 is 1. The molecule has 1 aliphatic carbocycles. The number of hydrogen-bond donors (Lipinski definition) is 1. The zero-order valence-corrected chi connectivity index (χ0v) is 13.0. The molecule has 0 fully saturated rings. The molecule has 0 aliphatic heterocycles. The van der Waals surface area contributed by atoms with E-state index in [4.69, 9.17) is 4.74 Å². The maximum atomic E-state index is 12.3. The Kier molecular flexibility index (Phi) is 4.81. The summed E-state index contributed by atoms with van der Waals surface area (Å²) in [5.74, 6) is -0.566. The van der Waals surface area contributed by atoms with E-state index in [0.717, 1.165) is 12.8 Å². The molecule has 20 heavy (non-hydrogen) atoms. The zero-order chi connectivity index (χ0) is 14.7. The molecule has 1 N–H and O–H groups in total. The van der Waals surface area contributed by atoms with Crippen molar-refractivity contribution in [2.45, 2.75) is 45.6 Å². The van der Waals surface area contributed by atoms with Crippen molar-refractivity contribution >= 4 is 23.2 Å². The summed E-state index contributed by atoms with van der Waals surface area (Å²) in [5, 5.41) is 2.79. The minimum atomic E-state index is -0.591. The second kappa shape index (κ2) is 6.39. The van der Waals surface area contributed by atoms with Gasteiger partial charge in [0.25, 0.3) is 5.91 Å². The summed E-state index contributed by atoms with van der Waals surface area (Å²) < 4.78 is 4.74. The van der Waals surface area contributed by atoms with Gasteiger partial charge in [0.15, 0.2) is 0 Å². The summed E-state index contributed by atoms with van der Waals surface area (Å²) in [6, 6.07) is 1.38. The first kappa shape index (κ1) is 15.0. The first-order valence-corrected chi connectivity index (χ1v) is 7.85. The van der Waals surface area contributed by atoms with Crippen molar-refractivity contribution in [1.29, 1.82) is 0 Å². The van der Waals surface area contributed by atoms with E-state index in [2.05, 4.69) is 5.32 Å². The molecule has 0 radical (unpaired) electrons. The smallest absolute Gasteiger partial charge is 0.328 e. The summed E-state index contributed by atoms with van der Waals surface area (Å²) >= 11 is 1.55. The molecule has 5 heteroatoms. The van der Waals surface area contributed by atoms with Crippen molar-refractivity contribution in [1.82, 2.24) is 5.32 Å². The quantitative estimate of drug-likeness (QED) is 0.869. The molecule has 1 aromatic rings. The lowest BCUT2D eigenvalue weighted by Crippen LogP contribution is -2.44. The van der Waals surface area contributed by atoms with Gasteiger partial charge in [-0.2, -0.15) is 0 Å². The molecule has 1 atom stereocenters. The van der Waals surface area contributed by atoms with Gasteiger partial charge in [-0.05, 0) is 43.2 Å². The second-order valence-corrected chi connectivity index (χ2v) is 6.62. The Balaban J connectivity index is 2.10. The topological polar surface area (TPSA) is 55.4 Å². The summed E-state index contributed by atoms with van der Waals surface area (Å²) in [6.45, 7) is 3.78. The number of ether oxygens (including phenoxy) is 1. The van der Waals surface area contributed by atoms with Crippen LogP contribution in [0.2, 0.25) is 0 Å². The molecule has 0 spiro atoms. The first-order chi connectivity index (χ1) is 9.52. The molecule has 1 aliphatic rings. The number of aryl methyl sites for hydroxylation is 2. The Morgan fingerprint density at radius 3 is 2.60 bits per heavy atom. The van der Waals surface area contributed by atoms with Gasteiger partial charge in [0.2, 0.25) is 0 Å². The molecule has 0 aromatic carbocycles. The Labute approximate surface area is 123 Å². The fourth-order valence-electron chi connectivity index (χ4n) is 2.44. The Morgan fingerprint density at radius 1 is 1.30 bits per heavy atom. The summed E-state index contributed by atoms with van der Waals surface area (Å²) in [6.07, 6.45) is 4.52. The molecular formula is C15H21NO3S. The van der Waals surface area contributed by atoms with Crippen LogP contribution in [0.25, 0.3) is 0 Å². The van der Waals surface area contributed by atoms with Crippen molar-refractivity contribution in [3.8, 4) is 0 Å². The van der Waals surface area contributed by atoms with Crippen LogP contribution in [-0.2, 0) is 22.4 Å². The number of esters is 1. The molecule has 1 unspecified atom stereocenters. The SMILES string of the molecule is COC(=O)C(NC(=O)c1cc2c(s1)CCCC2)C(C)C. The highest BCUT2D eigenvalue weighted by Crippen LogP contribution is 2.29. The lowest BCUT2D eigenvalue weighted by atomic mass is 9.99. The van der Waals surface area contributed by atoms with Crippen molar-refractivity contribution in [3.63, 3.8) is 0 Å². The zero-order valence-electron chi connectivity index (χ0n) is 12.2. The number of thiophene rings is 1. The van der Waals surface area contributed by atoms with Gasteiger partial charge in [-0.25, -0.2) is 4.79 Å². The largest absolute Gasteiger partial charge is 0.467 e. The molecule has 1 aromatic heterocycles. The fourth-order valence-corrected chi connectivity index (χ4v) is 3.60. The van der Waals surface area contributed by atoms with Crippen molar-refractivity contribution in [2.24, 2.45) is 5.92 Å². The fraction of sp³-hybridized carbons (Fsp3) is 0.600. The lowest BCUT2D eigenvalue weighted by molar-refractivity contribution is -0.144. The Morgan fingerprint density at radius 2 is 2.00 bits per heavy atom. The number of carbonyl (C=O) groups excluding carboxylic acids is 2. The van der Waals surface area contributed by atoms with E-state index in [0.29, 0.717) is 4.88 Å². The molecule has 0 saturated carbocycles. The third kappa shape index (κ3) is 3.20. The molecule has 0 saturated heterocycles. The molecule has 2 rings (SSSR count). The molecule has 4 nitrogen and oxygen atoms in total. The number of rotatable bonds is 4. The monoisotopic (exact) mass is 295 g/mol. The van der Waals surface area contributed by atoms with E-state index in [-0.39, 0.29) is 11.8 Å². The van der Waals surface area contributed by atoms with Gasteiger partial charge in [-0.15, -0.1) is 11.3 Å². The van der Waals surface area contributed by atoms with Gasteiger partial charge in [0, 0.05) is 4.88 Å². The van der Waals surface area contributed by atoms with E-state index >= 15 is 0 Å². The number of hydrogen-bond acceptors (Lipinski definition) is 4. The van der Waals surface area contributed by atoms with Crippen LogP contribution in [0.15, 0.2) is 6.07 Å². The Bertz CT molecular complexity index is 484. The normalized spacial score (nSPS) is 15.6. The van der Waals surface area contributed by atoms with E-state index in [9.17, 15) is 9.59 Å². The second-order valence-electron chi connectivity index (χ2n) is 5.48. The van der Waals surface area contributed by atoms with Crippen molar-refractivity contribution in [3.05, 3.63) is 21.4 Å². The highest BCUT2D eigenvalue weighted by molar-refractivity contribution is 7.14. The van der Waals surface area contributed by atoms with Crippen molar-refractivity contribution < 1.29 is 14.3 Å². The van der Waals surface area contributed by atoms with E-state index in [1.54, 1.807) is 11.3 Å². The maximum absolute atomic E-state index is 12.3. The molecular weight excluding hydrogens is 274 g/mol. The molecule has 110 valence electrons. The van der Waals surface area contributed by atoms with Gasteiger partial charge >= 0.3 is 5.97 Å². The van der Waals surface area contributed by atoms with Gasteiger partial charge in [0.05, 0.1) is 12.0 Å². The van der Waals surface area contributed by atoms with Crippen LogP contribution in [0.3, 0.4) is 0 Å². The Hall–Kier alpha value is -1.36. The van der Waals surface area contributed by atoms with Gasteiger partial charge in [-0.3, -0.25) is 4.79 Å². The van der Waals surface area contributed by atoms with Crippen LogP contribution in [0.4, 0.5) is 0 Å². The van der Waals surface area contributed by atoms with Crippen LogP contribution < -0.4 is 5.32 Å². The molecule has 1 amide bonds. The van der Waals surface area contributed by atoms with Gasteiger partial charge < -0.3 is 10.1 Å². The van der Waals surface area contributed by atoms with Gasteiger partial charge in [0.1, 0.15) is 6.04 Å². The van der Waals surface area contributed by atoms with Gasteiger partial charge in [-0.1, -0.05) is 13.8 Å². The number of fused-ring (bicyclic) bond motifs is 1. The summed E-state index contributed by atoms with van der Waals surface area (Å²) in [5.41, 5.74) is 1.30. The predicted molar refractivity (Wildman–Crippen MR) is 79.1 cm³/mol. The summed E-state index contributed by atoms with van der Waals surface area (Å²) in [4.78, 5) is 26.0. The summed E-state index contributed by atoms with van der Waals surface area (Å²) in [7, 11) is 1.34. The highest BCUT2D eigenvalue weighted by atomic mass is 32.1. The third-order valence-corrected chi connectivity index (χ3v) is 4.86. The van der Waals surface area contributed by atoms with E-state index in [1.165, 1.54) is 30.4 Å². The average Bonchev–Trinajstić information content (AvgIpc) is 2.87. The van der Waals surface area contributed by atoms with Crippen LogP contribution in [-0.4, -0.2) is 25.0 Å². The number of carbonyl (C=O) groups is 2. The standard InChI is InChI=1S/C15H21NO3S/c1-9(2)13(15(18)19-3)16-14(17)12-8-10-6-4-5-7-11(10)20-12/h8-9,13H,4-7H2,1-3H3,(H,16,17). The van der Waals surface area contributed by atoms with Crippen LogP contribution in [0, 0.1) is 5.92 Å². The van der Waals surface area contributed by atoms with Crippen LogP contribution in [0.5, 0.6) is 0 Å². The average molecular weight is 295 g/mol. The minimum absolute atomic E-state index is 0.000914. The minimum Gasteiger partial charge on any atom is -0.467 e. The molecule has 1 heterocycles.